The van der Waals surface area contributed by atoms with Crippen molar-refractivity contribution >= 4 is 28.3 Å². The average Bonchev–Trinajstić information content (AvgIpc) is 2.33. The first-order valence-electron chi connectivity index (χ1n) is 6.76. The molecule has 2 atom stereocenters. The van der Waals surface area contributed by atoms with E-state index in [1.807, 2.05) is 18.2 Å². The molecular formula is C15H24INO2. The second-order valence-corrected chi connectivity index (χ2v) is 6.56. The Morgan fingerprint density at radius 2 is 2.05 bits per heavy atom. The summed E-state index contributed by atoms with van der Waals surface area (Å²) in [7, 11) is 0. The Labute approximate surface area is 129 Å². The van der Waals surface area contributed by atoms with Crippen molar-refractivity contribution in [1.29, 1.82) is 0 Å². The molecule has 0 bridgehead atoms. The number of benzene rings is 1. The van der Waals surface area contributed by atoms with E-state index in [4.69, 9.17) is 4.74 Å². The van der Waals surface area contributed by atoms with Gasteiger partial charge in [-0.1, -0.05) is 19.9 Å². The summed E-state index contributed by atoms with van der Waals surface area (Å²) in [6.45, 7) is 7.29. The Morgan fingerprint density at radius 3 is 2.68 bits per heavy atom. The molecule has 19 heavy (non-hydrogen) atoms. The van der Waals surface area contributed by atoms with E-state index in [0.29, 0.717) is 19.1 Å². The van der Waals surface area contributed by atoms with Crippen LogP contribution in [0.5, 0.6) is 0 Å². The van der Waals surface area contributed by atoms with Gasteiger partial charge in [-0.3, -0.25) is 0 Å². The lowest BCUT2D eigenvalue weighted by Gasteiger charge is -2.18. The first kappa shape index (κ1) is 16.7. The highest BCUT2D eigenvalue weighted by Crippen LogP contribution is 2.12. The molecule has 0 amide bonds. The molecule has 0 radical (unpaired) electrons. The summed E-state index contributed by atoms with van der Waals surface area (Å²) >= 11 is 2.27. The molecule has 3 nitrogen and oxygen atoms in total. The van der Waals surface area contributed by atoms with Gasteiger partial charge in [0.05, 0.1) is 18.8 Å². The van der Waals surface area contributed by atoms with E-state index in [1.54, 1.807) is 0 Å². The summed E-state index contributed by atoms with van der Waals surface area (Å²) in [5, 5.41) is 13.1. The molecule has 1 aromatic rings. The number of anilines is 1. The van der Waals surface area contributed by atoms with Crippen LogP contribution >= 0.6 is 22.6 Å². The number of ether oxygens (including phenoxy) is 1. The molecule has 1 aromatic carbocycles. The minimum Gasteiger partial charge on any atom is -0.389 e. The van der Waals surface area contributed by atoms with E-state index in [2.05, 4.69) is 54.7 Å². The van der Waals surface area contributed by atoms with Crippen molar-refractivity contribution in [2.75, 3.05) is 18.5 Å². The molecule has 0 spiro atoms. The molecule has 0 saturated heterocycles. The van der Waals surface area contributed by atoms with E-state index in [9.17, 15) is 5.11 Å². The van der Waals surface area contributed by atoms with Gasteiger partial charge in [-0.2, -0.15) is 0 Å². The van der Waals surface area contributed by atoms with Crippen LogP contribution in [-0.2, 0) is 4.74 Å². The Kier molecular flexibility index (Phi) is 7.71. The maximum Gasteiger partial charge on any atom is 0.0945 e. The van der Waals surface area contributed by atoms with Gasteiger partial charge in [-0.05, 0) is 60.1 Å². The van der Waals surface area contributed by atoms with Crippen molar-refractivity contribution < 1.29 is 9.84 Å². The Hall–Kier alpha value is -0.330. The summed E-state index contributed by atoms with van der Waals surface area (Å²) < 4.78 is 6.81. The molecule has 0 aliphatic rings. The molecule has 0 aliphatic heterocycles. The maximum absolute atomic E-state index is 9.87. The summed E-state index contributed by atoms with van der Waals surface area (Å²) in [5.41, 5.74) is 1.03. The lowest BCUT2D eigenvalue weighted by Crippen LogP contribution is -2.27. The number of halogens is 1. The van der Waals surface area contributed by atoms with Gasteiger partial charge in [0.15, 0.2) is 0 Å². The monoisotopic (exact) mass is 377 g/mol. The van der Waals surface area contributed by atoms with Gasteiger partial charge in [-0.15, -0.1) is 0 Å². The molecular weight excluding hydrogens is 353 g/mol. The Bertz CT molecular complexity index is 371. The molecule has 2 unspecified atom stereocenters. The third-order valence-electron chi connectivity index (χ3n) is 2.74. The zero-order chi connectivity index (χ0) is 14.3. The predicted octanol–water partition coefficient (Wildman–Crippen LogP) is 3.52. The third kappa shape index (κ3) is 7.74. The quantitative estimate of drug-likeness (QED) is 0.682. The topological polar surface area (TPSA) is 41.5 Å². The Morgan fingerprint density at radius 1 is 1.32 bits per heavy atom. The second-order valence-electron chi connectivity index (χ2n) is 5.32. The van der Waals surface area contributed by atoms with Gasteiger partial charge in [0.2, 0.25) is 0 Å². The number of hydrogen-bond donors (Lipinski definition) is 2. The standard InChI is InChI=1S/C15H24INO2/c1-11(2)7-12(3)19-10-15(18)9-17-14-6-4-5-13(16)8-14/h4-6,8,11-12,15,17-18H,7,9-10H2,1-3H3. The van der Waals surface area contributed by atoms with Crippen molar-refractivity contribution in [2.24, 2.45) is 5.92 Å². The lowest BCUT2D eigenvalue weighted by atomic mass is 10.1. The highest BCUT2D eigenvalue weighted by Gasteiger charge is 2.09. The average molecular weight is 377 g/mol. The van der Waals surface area contributed by atoms with Crippen LogP contribution in [0.15, 0.2) is 24.3 Å². The summed E-state index contributed by atoms with van der Waals surface area (Å²) in [6.07, 6.45) is 0.747. The first-order valence-corrected chi connectivity index (χ1v) is 7.84. The number of rotatable bonds is 8. The van der Waals surface area contributed by atoms with Crippen LogP contribution in [0.3, 0.4) is 0 Å². The fraction of sp³-hybridized carbons (Fsp3) is 0.600. The van der Waals surface area contributed by atoms with Gasteiger partial charge < -0.3 is 15.2 Å². The zero-order valence-electron chi connectivity index (χ0n) is 11.9. The molecule has 1 rings (SSSR count). The van der Waals surface area contributed by atoms with Crippen molar-refractivity contribution in [1.82, 2.24) is 0 Å². The number of hydrogen-bond acceptors (Lipinski definition) is 3. The van der Waals surface area contributed by atoms with Gasteiger partial charge in [-0.25, -0.2) is 0 Å². The van der Waals surface area contributed by atoms with Gasteiger partial charge in [0.1, 0.15) is 0 Å². The summed E-state index contributed by atoms with van der Waals surface area (Å²) in [6, 6.07) is 8.09. The number of aliphatic hydroxyl groups excluding tert-OH is 1. The van der Waals surface area contributed by atoms with E-state index in [0.717, 1.165) is 12.1 Å². The van der Waals surface area contributed by atoms with Crippen LogP contribution in [0, 0.1) is 9.49 Å². The number of nitrogens with one attached hydrogen (secondary N) is 1. The van der Waals surface area contributed by atoms with Crippen LogP contribution in [-0.4, -0.2) is 30.5 Å². The third-order valence-corrected chi connectivity index (χ3v) is 3.41. The second kappa shape index (κ2) is 8.76. The highest BCUT2D eigenvalue weighted by atomic mass is 127. The van der Waals surface area contributed by atoms with Crippen LogP contribution in [0.25, 0.3) is 0 Å². The van der Waals surface area contributed by atoms with E-state index < -0.39 is 6.10 Å². The van der Waals surface area contributed by atoms with Crippen LogP contribution in [0.1, 0.15) is 27.2 Å². The first-order chi connectivity index (χ1) is 8.97. The SMILES string of the molecule is CC(C)CC(C)OCC(O)CNc1cccc(I)c1. The van der Waals surface area contributed by atoms with Crippen molar-refractivity contribution in [3.8, 4) is 0 Å². The molecule has 0 heterocycles. The minimum absolute atomic E-state index is 0.201. The minimum atomic E-state index is -0.479. The van der Waals surface area contributed by atoms with Crippen LogP contribution in [0.4, 0.5) is 5.69 Å². The van der Waals surface area contributed by atoms with E-state index >= 15 is 0 Å². The van der Waals surface area contributed by atoms with Crippen molar-refractivity contribution in [2.45, 2.75) is 39.4 Å². The largest absolute Gasteiger partial charge is 0.389 e. The summed E-state index contributed by atoms with van der Waals surface area (Å²) in [4.78, 5) is 0. The molecule has 4 heteroatoms. The zero-order valence-corrected chi connectivity index (χ0v) is 14.1. The highest BCUT2D eigenvalue weighted by molar-refractivity contribution is 14.1. The van der Waals surface area contributed by atoms with Crippen LogP contribution in [0.2, 0.25) is 0 Å². The molecule has 108 valence electrons. The fourth-order valence-corrected chi connectivity index (χ4v) is 2.44. The van der Waals surface area contributed by atoms with E-state index in [1.165, 1.54) is 3.57 Å². The molecule has 0 fully saturated rings. The smallest absolute Gasteiger partial charge is 0.0945 e. The maximum atomic E-state index is 9.87. The predicted molar refractivity (Wildman–Crippen MR) is 88.5 cm³/mol. The Balaban J connectivity index is 2.22. The van der Waals surface area contributed by atoms with Gasteiger partial charge in [0, 0.05) is 15.8 Å². The van der Waals surface area contributed by atoms with Crippen LogP contribution < -0.4 is 5.32 Å². The van der Waals surface area contributed by atoms with Crippen molar-refractivity contribution in [3.63, 3.8) is 0 Å². The fourth-order valence-electron chi connectivity index (χ4n) is 1.90. The number of aliphatic hydroxyl groups is 1. The molecule has 2 N–H and O–H groups in total. The lowest BCUT2D eigenvalue weighted by molar-refractivity contribution is -0.00443. The van der Waals surface area contributed by atoms with Crippen molar-refractivity contribution in [3.05, 3.63) is 27.8 Å². The van der Waals surface area contributed by atoms with Gasteiger partial charge >= 0.3 is 0 Å². The van der Waals surface area contributed by atoms with Gasteiger partial charge in [0.25, 0.3) is 0 Å². The van der Waals surface area contributed by atoms with E-state index in [-0.39, 0.29) is 6.10 Å². The molecule has 0 saturated carbocycles. The summed E-state index contributed by atoms with van der Waals surface area (Å²) in [5.74, 6) is 0.622. The molecule has 0 aromatic heterocycles. The molecule has 0 aliphatic carbocycles. The normalized spacial score (nSPS) is 14.4.